The Hall–Kier alpha value is -0.280. The summed E-state index contributed by atoms with van der Waals surface area (Å²) in [5, 5.41) is 6.81. The third-order valence-electron chi connectivity index (χ3n) is 3.22. The number of halogens is 1. The average molecular weight is 203 g/mol. The van der Waals surface area contributed by atoms with Crippen LogP contribution < -0.4 is 0 Å². The van der Waals surface area contributed by atoms with Crippen molar-refractivity contribution < 1.29 is 4.74 Å². The molecule has 3 rings (SSSR count). The van der Waals surface area contributed by atoms with Crippen molar-refractivity contribution in [2.45, 2.75) is 12.8 Å². The van der Waals surface area contributed by atoms with E-state index in [1.165, 1.54) is 25.9 Å². The van der Waals surface area contributed by atoms with Gasteiger partial charge in [0.05, 0.1) is 6.61 Å². The van der Waals surface area contributed by atoms with E-state index in [0.29, 0.717) is 12.5 Å². The van der Waals surface area contributed by atoms with Crippen LogP contribution in [-0.4, -0.2) is 36.5 Å². The summed E-state index contributed by atoms with van der Waals surface area (Å²) in [6.07, 6.45) is 2.59. The number of rotatable bonds is 2. The van der Waals surface area contributed by atoms with E-state index in [0.717, 1.165) is 12.5 Å². The zero-order chi connectivity index (χ0) is 9.26. The fourth-order valence-electron chi connectivity index (χ4n) is 2.46. The lowest BCUT2D eigenvalue weighted by atomic mass is 9.79. The molecule has 0 aromatic heterocycles. The van der Waals surface area contributed by atoms with Gasteiger partial charge in [0.25, 0.3) is 5.36 Å². The van der Waals surface area contributed by atoms with Crippen molar-refractivity contribution in [3.05, 3.63) is 0 Å². The number of ether oxygens (including phenoxy) is 1. The molecular weight excluding hydrogens is 188 g/mol. The molecule has 3 heterocycles. The van der Waals surface area contributed by atoms with Crippen molar-refractivity contribution in [2.75, 3.05) is 26.2 Å². The lowest BCUT2D eigenvalue weighted by molar-refractivity contribution is 0.0237. The SMILES string of the molecule is N=C(Cl)OCC1CN2CCC1CC2. The van der Waals surface area contributed by atoms with Gasteiger partial charge < -0.3 is 9.64 Å². The zero-order valence-corrected chi connectivity index (χ0v) is 8.39. The lowest BCUT2D eigenvalue weighted by Gasteiger charge is -2.44. The van der Waals surface area contributed by atoms with Gasteiger partial charge in [-0.15, -0.1) is 0 Å². The Balaban J connectivity index is 1.83. The molecular formula is C9H15ClN2O. The summed E-state index contributed by atoms with van der Waals surface area (Å²) in [5.74, 6) is 1.41. The Morgan fingerprint density at radius 3 is 2.62 bits per heavy atom. The molecule has 1 N–H and O–H groups in total. The second kappa shape index (κ2) is 3.84. The maximum atomic E-state index is 6.98. The molecule has 74 valence electrons. The number of fused-ring (bicyclic) bond motifs is 3. The van der Waals surface area contributed by atoms with Gasteiger partial charge in [-0.1, -0.05) is 0 Å². The minimum atomic E-state index is -0.170. The molecule has 2 bridgehead atoms. The van der Waals surface area contributed by atoms with Crippen LogP contribution >= 0.6 is 11.6 Å². The minimum Gasteiger partial charge on any atom is -0.469 e. The summed E-state index contributed by atoms with van der Waals surface area (Å²) in [6.45, 7) is 4.26. The van der Waals surface area contributed by atoms with Crippen LogP contribution in [-0.2, 0) is 4.74 Å². The first-order chi connectivity index (χ1) is 6.25. The molecule has 3 fully saturated rings. The maximum absolute atomic E-state index is 6.98. The van der Waals surface area contributed by atoms with Gasteiger partial charge in [0, 0.05) is 12.5 Å². The molecule has 13 heavy (non-hydrogen) atoms. The largest absolute Gasteiger partial charge is 0.469 e. The molecule has 0 aromatic rings. The summed E-state index contributed by atoms with van der Waals surface area (Å²) in [5.41, 5.74) is 0. The predicted octanol–water partition coefficient (Wildman–Crippen LogP) is 1.52. The lowest BCUT2D eigenvalue weighted by Crippen LogP contribution is -2.48. The zero-order valence-electron chi connectivity index (χ0n) is 7.63. The Bertz CT molecular complexity index is 202. The fraction of sp³-hybridized carbons (Fsp3) is 0.889. The fourth-order valence-corrected chi connectivity index (χ4v) is 2.52. The monoisotopic (exact) mass is 202 g/mol. The highest BCUT2D eigenvalue weighted by Crippen LogP contribution is 2.32. The first kappa shape index (κ1) is 9.28. The number of nitrogens with zero attached hydrogens (tertiary/aromatic N) is 1. The first-order valence-corrected chi connectivity index (χ1v) is 5.22. The predicted molar refractivity (Wildman–Crippen MR) is 52.2 cm³/mol. The Morgan fingerprint density at radius 1 is 1.46 bits per heavy atom. The van der Waals surface area contributed by atoms with Crippen LogP contribution in [0.2, 0.25) is 0 Å². The van der Waals surface area contributed by atoms with Crippen molar-refractivity contribution in [3.8, 4) is 0 Å². The third-order valence-corrected chi connectivity index (χ3v) is 3.32. The molecule has 0 amide bonds. The van der Waals surface area contributed by atoms with Gasteiger partial charge in [0.15, 0.2) is 0 Å². The second-order valence-electron chi connectivity index (χ2n) is 3.98. The van der Waals surface area contributed by atoms with Crippen LogP contribution in [0.3, 0.4) is 0 Å². The number of piperidine rings is 3. The van der Waals surface area contributed by atoms with Crippen LogP contribution in [0.15, 0.2) is 0 Å². The number of nitrogens with one attached hydrogen (secondary N) is 1. The van der Waals surface area contributed by atoms with Crippen molar-refractivity contribution in [3.63, 3.8) is 0 Å². The Kier molecular flexibility index (Phi) is 2.74. The van der Waals surface area contributed by atoms with E-state index in [2.05, 4.69) is 4.90 Å². The van der Waals surface area contributed by atoms with Gasteiger partial charge in [-0.2, -0.15) is 0 Å². The van der Waals surface area contributed by atoms with Gasteiger partial charge >= 0.3 is 0 Å². The summed E-state index contributed by atoms with van der Waals surface area (Å²) in [7, 11) is 0. The summed E-state index contributed by atoms with van der Waals surface area (Å²) in [4.78, 5) is 2.48. The standard InChI is InChI=1S/C9H15ClN2O/c10-9(11)13-6-8-5-12-3-1-7(8)2-4-12/h7-8,11H,1-6H2. The maximum Gasteiger partial charge on any atom is 0.279 e. The average Bonchev–Trinajstić information content (AvgIpc) is 2.17. The van der Waals surface area contributed by atoms with E-state index in [1.807, 2.05) is 0 Å². The van der Waals surface area contributed by atoms with Crippen LogP contribution in [0.25, 0.3) is 0 Å². The Labute approximate surface area is 83.5 Å². The first-order valence-electron chi connectivity index (χ1n) is 4.85. The highest BCUT2D eigenvalue weighted by molar-refractivity contribution is 6.61. The molecule has 3 aliphatic rings. The van der Waals surface area contributed by atoms with Gasteiger partial charge in [0.1, 0.15) is 0 Å². The van der Waals surface area contributed by atoms with Gasteiger partial charge in [-0.25, -0.2) is 0 Å². The summed E-state index contributed by atoms with van der Waals surface area (Å²) in [6, 6.07) is 0. The van der Waals surface area contributed by atoms with E-state index in [9.17, 15) is 0 Å². The van der Waals surface area contributed by atoms with Gasteiger partial charge in [-0.05, 0) is 43.5 Å². The van der Waals surface area contributed by atoms with Crippen molar-refractivity contribution >= 4 is 17.0 Å². The molecule has 0 radical (unpaired) electrons. The van der Waals surface area contributed by atoms with Crippen LogP contribution in [0.5, 0.6) is 0 Å². The van der Waals surface area contributed by atoms with E-state index in [1.54, 1.807) is 0 Å². The molecule has 0 aliphatic carbocycles. The molecule has 0 saturated carbocycles. The smallest absolute Gasteiger partial charge is 0.279 e. The molecule has 0 spiro atoms. The second-order valence-corrected chi connectivity index (χ2v) is 4.33. The Morgan fingerprint density at radius 2 is 2.15 bits per heavy atom. The van der Waals surface area contributed by atoms with E-state index in [-0.39, 0.29) is 5.36 Å². The van der Waals surface area contributed by atoms with E-state index < -0.39 is 0 Å². The molecule has 4 heteroatoms. The quantitative estimate of drug-likeness (QED) is 0.545. The van der Waals surface area contributed by atoms with Crippen molar-refractivity contribution in [2.24, 2.45) is 11.8 Å². The highest BCUT2D eigenvalue weighted by Gasteiger charge is 2.34. The van der Waals surface area contributed by atoms with Crippen molar-refractivity contribution in [1.82, 2.24) is 4.90 Å². The minimum absolute atomic E-state index is 0.170. The van der Waals surface area contributed by atoms with Crippen molar-refractivity contribution in [1.29, 1.82) is 5.41 Å². The molecule has 3 nitrogen and oxygen atoms in total. The summed E-state index contributed by atoms with van der Waals surface area (Å²) >= 11 is 5.35. The highest BCUT2D eigenvalue weighted by atomic mass is 35.5. The normalized spacial score (nSPS) is 37.5. The molecule has 3 saturated heterocycles. The van der Waals surface area contributed by atoms with E-state index in [4.69, 9.17) is 21.7 Å². The molecule has 3 aliphatic heterocycles. The number of hydrogen-bond donors (Lipinski definition) is 1. The molecule has 0 aromatic carbocycles. The van der Waals surface area contributed by atoms with Crippen LogP contribution in [0, 0.1) is 17.2 Å². The molecule has 1 unspecified atom stereocenters. The topological polar surface area (TPSA) is 36.3 Å². The van der Waals surface area contributed by atoms with Gasteiger partial charge in [-0.3, -0.25) is 5.41 Å². The van der Waals surface area contributed by atoms with E-state index >= 15 is 0 Å². The number of hydrogen-bond acceptors (Lipinski definition) is 3. The van der Waals surface area contributed by atoms with Crippen LogP contribution in [0.4, 0.5) is 0 Å². The summed E-state index contributed by atoms with van der Waals surface area (Å²) < 4.78 is 5.06. The molecule has 1 atom stereocenters. The van der Waals surface area contributed by atoms with Crippen LogP contribution in [0.1, 0.15) is 12.8 Å². The third kappa shape index (κ3) is 2.15. The van der Waals surface area contributed by atoms with Gasteiger partial charge in [0.2, 0.25) is 0 Å².